The van der Waals surface area contributed by atoms with E-state index in [2.05, 4.69) is 4.98 Å². The minimum absolute atomic E-state index is 0.0465. The van der Waals surface area contributed by atoms with Gasteiger partial charge in [-0.1, -0.05) is 60.3 Å². The van der Waals surface area contributed by atoms with Gasteiger partial charge in [-0.05, 0) is 29.8 Å². The van der Waals surface area contributed by atoms with Crippen LogP contribution in [0.3, 0.4) is 0 Å². The molecule has 1 unspecified atom stereocenters. The fourth-order valence-electron chi connectivity index (χ4n) is 3.06. The van der Waals surface area contributed by atoms with Gasteiger partial charge in [0.15, 0.2) is 0 Å². The van der Waals surface area contributed by atoms with Crippen molar-refractivity contribution in [3.05, 3.63) is 84.6 Å². The Morgan fingerprint density at radius 3 is 2.62 bits per heavy atom. The van der Waals surface area contributed by atoms with Crippen molar-refractivity contribution in [2.45, 2.75) is 11.1 Å². The van der Waals surface area contributed by atoms with E-state index in [1.165, 1.54) is 11.8 Å². The third-order valence-corrected chi connectivity index (χ3v) is 5.20. The molecular weight excluding hydrogens is 344 g/mol. The largest absolute Gasteiger partial charge is 0.489 e. The van der Waals surface area contributed by atoms with E-state index in [4.69, 9.17) is 4.74 Å². The number of pyridine rings is 1. The van der Waals surface area contributed by atoms with Gasteiger partial charge in [0.05, 0.1) is 22.5 Å². The highest BCUT2D eigenvalue weighted by atomic mass is 32.2. The van der Waals surface area contributed by atoms with E-state index in [0.29, 0.717) is 12.4 Å². The third-order valence-electron chi connectivity index (χ3n) is 4.27. The highest BCUT2D eigenvalue weighted by Crippen LogP contribution is 2.39. The zero-order valence-corrected chi connectivity index (χ0v) is 14.9. The van der Waals surface area contributed by atoms with Gasteiger partial charge >= 0.3 is 0 Å². The van der Waals surface area contributed by atoms with Crippen LogP contribution in [0.4, 0.5) is 5.69 Å². The molecule has 1 aliphatic rings. The first-order valence-electron chi connectivity index (χ1n) is 8.45. The van der Waals surface area contributed by atoms with Crippen LogP contribution in [0.5, 0.6) is 5.75 Å². The van der Waals surface area contributed by atoms with Gasteiger partial charge in [0.1, 0.15) is 12.4 Å². The number of hydrogen-bond acceptors (Lipinski definition) is 4. The average Bonchev–Trinajstić information content (AvgIpc) is 2.72. The summed E-state index contributed by atoms with van der Waals surface area (Å²) < 4.78 is 5.92. The first-order chi connectivity index (χ1) is 12.8. The summed E-state index contributed by atoms with van der Waals surface area (Å²) >= 11 is 1.45. The maximum atomic E-state index is 13.1. The lowest BCUT2D eigenvalue weighted by Gasteiger charge is -2.37. The lowest BCUT2D eigenvalue weighted by Crippen LogP contribution is -2.42. The predicted octanol–water partition coefficient (Wildman–Crippen LogP) is 4.34. The Bertz CT molecular complexity index is 887. The summed E-state index contributed by atoms with van der Waals surface area (Å²) in [5.74, 6) is 1.12. The lowest BCUT2D eigenvalue weighted by atomic mass is 10.0. The molecular formula is C21H18N2O2S. The number of amides is 1. The lowest BCUT2D eigenvalue weighted by molar-refractivity contribution is -0.117. The number of fused-ring (bicyclic) bond motifs is 1. The quantitative estimate of drug-likeness (QED) is 0.648. The Balaban J connectivity index is 1.63. The van der Waals surface area contributed by atoms with Crippen LogP contribution in [0, 0.1) is 0 Å². The van der Waals surface area contributed by atoms with Crippen molar-refractivity contribution in [2.24, 2.45) is 0 Å². The molecule has 1 aromatic heterocycles. The van der Waals surface area contributed by atoms with E-state index >= 15 is 0 Å². The highest BCUT2D eigenvalue weighted by molar-refractivity contribution is 7.99. The Morgan fingerprint density at radius 1 is 1.04 bits per heavy atom. The van der Waals surface area contributed by atoms with Crippen molar-refractivity contribution in [3.63, 3.8) is 0 Å². The Hall–Kier alpha value is -2.79. The second-order valence-corrected chi connectivity index (χ2v) is 6.92. The number of benzene rings is 2. The van der Waals surface area contributed by atoms with Crippen molar-refractivity contribution in [1.29, 1.82) is 0 Å². The van der Waals surface area contributed by atoms with Crippen molar-refractivity contribution in [1.82, 2.24) is 4.98 Å². The minimum atomic E-state index is -0.136. The summed E-state index contributed by atoms with van der Waals surface area (Å²) in [6.45, 7) is 0.445. The molecule has 5 heteroatoms. The van der Waals surface area contributed by atoms with E-state index in [1.54, 1.807) is 6.20 Å². The summed E-state index contributed by atoms with van der Waals surface area (Å²) in [4.78, 5) is 19.3. The van der Waals surface area contributed by atoms with Gasteiger partial charge < -0.3 is 4.74 Å². The first-order valence-corrected chi connectivity index (χ1v) is 9.44. The zero-order valence-electron chi connectivity index (χ0n) is 14.1. The second-order valence-electron chi connectivity index (χ2n) is 5.93. The van der Waals surface area contributed by atoms with Crippen LogP contribution in [0.2, 0.25) is 0 Å². The molecule has 0 aliphatic carbocycles. The Morgan fingerprint density at radius 2 is 1.81 bits per heavy atom. The molecule has 0 bridgehead atoms. The molecule has 4 rings (SSSR count). The summed E-state index contributed by atoms with van der Waals surface area (Å²) in [6.07, 6.45) is 1.74. The fourth-order valence-corrected chi connectivity index (χ4v) is 3.78. The molecule has 0 radical (unpaired) electrons. The molecule has 0 spiro atoms. The number of nitrogens with zero attached hydrogens (tertiary/aromatic N) is 2. The molecule has 0 N–H and O–H groups in total. The number of anilines is 1. The van der Waals surface area contributed by atoms with E-state index in [0.717, 1.165) is 22.0 Å². The molecule has 2 aromatic carbocycles. The van der Waals surface area contributed by atoms with Crippen molar-refractivity contribution in [2.75, 3.05) is 17.3 Å². The minimum Gasteiger partial charge on any atom is -0.489 e. The monoisotopic (exact) mass is 362 g/mol. The Kier molecular flexibility index (Phi) is 4.88. The summed E-state index contributed by atoms with van der Waals surface area (Å²) in [6, 6.07) is 23.3. The third kappa shape index (κ3) is 3.44. The van der Waals surface area contributed by atoms with Crippen LogP contribution in [0.25, 0.3) is 0 Å². The summed E-state index contributed by atoms with van der Waals surface area (Å²) in [5.41, 5.74) is 1.89. The van der Waals surface area contributed by atoms with Gasteiger partial charge in [-0.15, -0.1) is 0 Å². The number of rotatable bonds is 4. The first kappa shape index (κ1) is 16.7. The van der Waals surface area contributed by atoms with Gasteiger partial charge in [0.2, 0.25) is 5.91 Å². The van der Waals surface area contributed by atoms with E-state index in [9.17, 15) is 4.79 Å². The molecule has 1 aliphatic heterocycles. The van der Waals surface area contributed by atoms with Crippen LogP contribution in [-0.2, 0) is 4.79 Å². The number of carbonyl (C=O) groups is 1. The summed E-state index contributed by atoms with van der Waals surface area (Å²) in [7, 11) is 0. The van der Waals surface area contributed by atoms with Crippen molar-refractivity contribution in [3.8, 4) is 5.75 Å². The van der Waals surface area contributed by atoms with Crippen LogP contribution < -0.4 is 9.64 Å². The normalized spacial score (nSPS) is 15.8. The second kappa shape index (κ2) is 7.62. The van der Waals surface area contributed by atoms with Crippen LogP contribution in [0.1, 0.15) is 11.6 Å². The smallest absolute Gasteiger partial charge is 0.238 e. The van der Waals surface area contributed by atoms with Gasteiger partial charge in [-0.3, -0.25) is 9.69 Å². The molecule has 0 saturated carbocycles. The molecule has 0 saturated heterocycles. The molecule has 0 fully saturated rings. The molecule has 4 nitrogen and oxygen atoms in total. The number of hydrogen-bond donors (Lipinski definition) is 0. The number of para-hydroxylation sites is 2. The van der Waals surface area contributed by atoms with Crippen molar-refractivity contribution < 1.29 is 9.53 Å². The van der Waals surface area contributed by atoms with Crippen molar-refractivity contribution >= 4 is 23.4 Å². The van der Waals surface area contributed by atoms with Gasteiger partial charge in [0, 0.05) is 6.20 Å². The maximum Gasteiger partial charge on any atom is 0.238 e. The number of ether oxygens (including phenoxy) is 1. The molecule has 26 heavy (non-hydrogen) atoms. The molecule has 1 amide bonds. The predicted molar refractivity (Wildman–Crippen MR) is 104 cm³/mol. The number of carbonyl (C=O) groups excluding carboxylic acids is 1. The number of thioether (sulfide) groups is 1. The maximum absolute atomic E-state index is 13.1. The highest BCUT2D eigenvalue weighted by Gasteiger charge is 2.33. The standard InChI is InChI=1S/C21H18N2O2S/c24-21(15-26-20-12-6-7-13-22-20)23-17-10-4-5-11-19(17)25-14-18(23)16-8-2-1-3-9-16/h1-13,18H,14-15H2. The molecule has 2 heterocycles. The van der Waals surface area contributed by atoms with E-state index in [-0.39, 0.29) is 11.9 Å². The summed E-state index contributed by atoms with van der Waals surface area (Å²) in [5, 5.41) is 0.846. The van der Waals surface area contributed by atoms with E-state index < -0.39 is 0 Å². The van der Waals surface area contributed by atoms with Crippen LogP contribution in [-0.4, -0.2) is 23.3 Å². The molecule has 130 valence electrons. The fraction of sp³-hybridized carbons (Fsp3) is 0.143. The van der Waals surface area contributed by atoms with Gasteiger partial charge in [-0.2, -0.15) is 0 Å². The van der Waals surface area contributed by atoms with Crippen LogP contribution in [0.15, 0.2) is 84.0 Å². The topological polar surface area (TPSA) is 42.4 Å². The van der Waals surface area contributed by atoms with Gasteiger partial charge in [0.25, 0.3) is 0 Å². The molecule has 3 aromatic rings. The average molecular weight is 362 g/mol. The SMILES string of the molecule is O=C(CSc1ccccn1)N1c2ccccc2OCC1c1ccccc1. The van der Waals surface area contributed by atoms with Crippen LogP contribution >= 0.6 is 11.8 Å². The van der Waals surface area contributed by atoms with Gasteiger partial charge in [-0.25, -0.2) is 4.98 Å². The zero-order chi connectivity index (χ0) is 17.8. The molecule has 1 atom stereocenters. The number of aromatic nitrogens is 1. The Labute approximate surface area is 156 Å². The van der Waals surface area contributed by atoms with E-state index in [1.807, 2.05) is 77.7 Å².